The van der Waals surface area contributed by atoms with E-state index in [0.717, 1.165) is 62.3 Å². The van der Waals surface area contributed by atoms with Gasteiger partial charge in [0.15, 0.2) is 5.69 Å². The van der Waals surface area contributed by atoms with E-state index in [4.69, 9.17) is 19.3 Å². The highest BCUT2D eigenvalue weighted by Crippen LogP contribution is 2.25. The van der Waals surface area contributed by atoms with Crippen LogP contribution in [0.1, 0.15) is 97.2 Å². The van der Waals surface area contributed by atoms with Gasteiger partial charge in [-0.05, 0) is 107 Å². The molecule has 0 unspecified atom stereocenters. The molecule has 256 valence electrons. The van der Waals surface area contributed by atoms with Crippen molar-refractivity contribution in [2.75, 3.05) is 0 Å². The summed E-state index contributed by atoms with van der Waals surface area (Å²) in [7, 11) is 0. The highest BCUT2D eigenvalue weighted by atomic mass is 14.9. The summed E-state index contributed by atoms with van der Waals surface area (Å²) in [5, 5.41) is 2.21. The predicted molar refractivity (Wildman–Crippen MR) is 221 cm³/mol. The third-order valence-electron chi connectivity index (χ3n) is 9.50. The molecule has 0 aliphatic carbocycles. The second kappa shape index (κ2) is 16.2. The lowest BCUT2D eigenvalue weighted by atomic mass is 9.85. The molecular formula is C52H44N+. The molecular weight excluding hydrogens is 639 g/mol. The van der Waals surface area contributed by atoms with Gasteiger partial charge in [0.05, 0.1) is 27.4 Å². The van der Waals surface area contributed by atoms with E-state index >= 15 is 0 Å². The maximum Gasteiger partial charge on any atom is 0.161 e. The van der Waals surface area contributed by atoms with Gasteiger partial charge >= 0.3 is 0 Å². The second-order valence-corrected chi connectivity index (χ2v) is 14.7. The van der Waals surface area contributed by atoms with Gasteiger partial charge in [-0.2, -0.15) is 0 Å². The number of quaternary nitrogens is 1. The monoisotopic (exact) mass is 682 g/mol. The fourth-order valence-corrected chi connectivity index (χ4v) is 5.57. The molecule has 0 radical (unpaired) electrons. The Morgan fingerprint density at radius 3 is 1.13 bits per heavy atom. The van der Waals surface area contributed by atoms with E-state index < -0.39 is 0 Å². The third kappa shape index (κ3) is 9.61. The van der Waals surface area contributed by atoms with Gasteiger partial charge < -0.3 is 5.32 Å². The first-order valence-electron chi connectivity index (χ1n) is 17.7. The molecule has 0 aliphatic heterocycles. The topological polar surface area (TPSA) is 16.6 Å². The summed E-state index contributed by atoms with van der Waals surface area (Å²) < 4.78 is 0. The first kappa shape index (κ1) is 37.7. The lowest BCUT2D eigenvalue weighted by Gasteiger charge is -2.17. The molecule has 0 saturated heterocycles. The standard InChI is InChI=1S/C52H43N/c1-10-50(4,5)46-30-22-39(23-31-46)18-19-43-36-44(28-20-40-24-32-47(33-25-40)51(6,7)11-2)49(53-38-42-16-14-13-15-17-42)45(37-43)29-21-41-26-34-48(35-27-41)52(8,9)12-3/h1-3,13-17,22-27,30-37,53H,38H2,4-9H3/p+1. The van der Waals surface area contributed by atoms with Gasteiger partial charge in [-0.1, -0.05) is 120 Å². The number of nitrogens with two attached hydrogens (primary N) is 1. The summed E-state index contributed by atoms with van der Waals surface area (Å²) in [6.45, 7) is 12.9. The molecule has 5 aromatic carbocycles. The smallest absolute Gasteiger partial charge is 0.161 e. The minimum Gasteiger partial charge on any atom is -0.308 e. The zero-order valence-electron chi connectivity index (χ0n) is 31.5. The Morgan fingerprint density at radius 1 is 0.434 bits per heavy atom. The van der Waals surface area contributed by atoms with Gasteiger partial charge in [0.25, 0.3) is 0 Å². The van der Waals surface area contributed by atoms with Crippen molar-refractivity contribution in [2.24, 2.45) is 0 Å². The summed E-state index contributed by atoms with van der Waals surface area (Å²) in [6.07, 6.45) is 17.4. The summed E-state index contributed by atoms with van der Waals surface area (Å²) >= 11 is 0. The van der Waals surface area contributed by atoms with E-state index in [0.29, 0.717) is 0 Å². The van der Waals surface area contributed by atoms with E-state index in [2.05, 4.69) is 119 Å². The normalized spacial score (nSPS) is 10.8. The van der Waals surface area contributed by atoms with Crippen LogP contribution >= 0.6 is 0 Å². The summed E-state index contributed by atoms with van der Waals surface area (Å²) in [5.74, 6) is 29.1. The van der Waals surface area contributed by atoms with Crippen LogP contribution in [-0.4, -0.2) is 0 Å². The summed E-state index contributed by atoms with van der Waals surface area (Å²) in [6, 6.07) is 38.9. The van der Waals surface area contributed by atoms with Crippen LogP contribution in [0.15, 0.2) is 115 Å². The lowest BCUT2D eigenvalue weighted by molar-refractivity contribution is -0.588. The highest BCUT2D eigenvalue weighted by Gasteiger charge is 2.19. The summed E-state index contributed by atoms with van der Waals surface area (Å²) in [5.41, 5.74) is 9.52. The Hall–Kier alpha value is -6.58. The molecule has 0 aromatic heterocycles. The van der Waals surface area contributed by atoms with Gasteiger partial charge in [0, 0.05) is 27.8 Å². The van der Waals surface area contributed by atoms with E-state index in [1.807, 2.05) is 96.1 Å². The van der Waals surface area contributed by atoms with Crippen LogP contribution in [0, 0.1) is 72.6 Å². The average Bonchev–Trinajstić information content (AvgIpc) is 3.18. The number of hydrogen-bond donors (Lipinski definition) is 1. The van der Waals surface area contributed by atoms with Gasteiger partial charge in [0.2, 0.25) is 0 Å². The third-order valence-corrected chi connectivity index (χ3v) is 9.50. The number of rotatable bonds is 6. The predicted octanol–water partition coefficient (Wildman–Crippen LogP) is 9.01. The molecule has 1 nitrogen and oxygen atoms in total. The van der Waals surface area contributed by atoms with Crippen molar-refractivity contribution >= 4 is 5.69 Å². The van der Waals surface area contributed by atoms with Crippen molar-refractivity contribution in [2.45, 2.75) is 64.3 Å². The van der Waals surface area contributed by atoms with Gasteiger partial charge in [-0.15, -0.1) is 19.3 Å². The molecule has 5 aromatic rings. The number of benzene rings is 5. The van der Waals surface area contributed by atoms with Crippen LogP contribution < -0.4 is 5.32 Å². The molecule has 5 rings (SSSR count). The van der Waals surface area contributed by atoms with E-state index in [9.17, 15) is 0 Å². The van der Waals surface area contributed by atoms with Crippen LogP contribution in [0.4, 0.5) is 5.69 Å². The Morgan fingerprint density at radius 2 is 0.774 bits per heavy atom. The Kier molecular flexibility index (Phi) is 11.5. The van der Waals surface area contributed by atoms with Crippen LogP contribution in [0.3, 0.4) is 0 Å². The molecule has 0 spiro atoms. The van der Waals surface area contributed by atoms with Crippen LogP contribution in [-0.2, 0) is 22.8 Å². The molecule has 1 heteroatoms. The Balaban J connectivity index is 1.62. The number of hydrogen-bond acceptors (Lipinski definition) is 0. The van der Waals surface area contributed by atoms with Crippen molar-refractivity contribution in [1.29, 1.82) is 0 Å². The zero-order valence-corrected chi connectivity index (χ0v) is 31.5. The zero-order chi connectivity index (χ0) is 38.1. The maximum absolute atomic E-state index is 5.79. The Labute approximate surface area is 317 Å². The van der Waals surface area contributed by atoms with Crippen molar-refractivity contribution < 1.29 is 5.32 Å². The van der Waals surface area contributed by atoms with Gasteiger partial charge in [-0.25, -0.2) is 0 Å². The molecule has 0 bridgehead atoms. The van der Waals surface area contributed by atoms with E-state index in [-0.39, 0.29) is 16.2 Å². The molecule has 0 amide bonds. The molecule has 53 heavy (non-hydrogen) atoms. The first-order chi connectivity index (χ1) is 25.3. The van der Waals surface area contributed by atoms with Gasteiger partial charge in [-0.3, -0.25) is 0 Å². The Bertz CT molecular complexity index is 2310. The highest BCUT2D eigenvalue weighted by molar-refractivity contribution is 5.66. The molecule has 0 aliphatic rings. The fourth-order valence-electron chi connectivity index (χ4n) is 5.57. The molecule has 0 saturated carbocycles. The van der Waals surface area contributed by atoms with Crippen molar-refractivity contribution in [3.05, 3.63) is 171 Å². The first-order valence-corrected chi connectivity index (χ1v) is 17.7. The SMILES string of the molecule is C#CC(C)(C)c1ccc(C#Cc2cc(C#Cc3ccc(C(C)(C)C#C)cc3)c([NH2+]Cc3ccccc3)c(C#Cc3ccc(C(C)(C)C#C)cc3)c2)cc1. The van der Waals surface area contributed by atoms with Crippen molar-refractivity contribution in [3.63, 3.8) is 0 Å². The molecule has 0 heterocycles. The quantitative estimate of drug-likeness (QED) is 0.136. The largest absolute Gasteiger partial charge is 0.308 e. The average molecular weight is 683 g/mol. The van der Waals surface area contributed by atoms with Gasteiger partial charge in [0.1, 0.15) is 6.54 Å². The molecule has 2 N–H and O–H groups in total. The van der Waals surface area contributed by atoms with Crippen LogP contribution in [0.25, 0.3) is 0 Å². The van der Waals surface area contributed by atoms with E-state index in [1.165, 1.54) is 5.56 Å². The lowest BCUT2D eigenvalue weighted by Crippen LogP contribution is -2.76. The van der Waals surface area contributed by atoms with E-state index in [1.54, 1.807) is 0 Å². The molecule has 0 atom stereocenters. The molecule has 0 fully saturated rings. The summed E-state index contributed by atoms with van der Waals surface area (Å²) in [4.78, 5) is 0. The fraction of sp³-hybridized carbons (Fsp3) is 0.192. The maximum atomic E-state index is 5.79. The van der Waals surface area contributed by atoms with Crippen molar-refractivity contribution in [1.82, 2.24) is 0 Å². The van der Waals surface area contributed by atoms with Crippen molar-refractivity contribution in [3.8, 4) is 72.6 Å². The minimum atomic E-state index is -0.359. The number of terminal acetylenes is 3. The minimum absolute atomic E-state index is 0.352. The second-order valence-electron chi connectivity index (χ2n) is 14.7. The van der Waals surface area contributed by atoms with Crippen LogP contribution in [0.5, 0.6) is 0 Å². The van der Waals surface area contributed by atoms with Crippen LogP contribution in [0.2, 0.25) is 0 Å².